The Balaban J connectivity index is 1.53. The zero-order valence-electron chi connectivity index (χ0n) is 27.0. The standard InChI is InChI=1S/C33H45Cl2F3N6O2/c1-22(2)17-28(39)26-19-24(33(36,37)38)6-8-29(26)42-12-14-43(15-13-42)32(46)30(18-23-5-7-25(34)20-27(23)35)44-16-11-41(21-31(44)45)10-9-40(3)4/h5-8,19-20,22,28,30H,9-18,21,39H2,1-4H3. The van der Waals surface area contributed by atoms with Crippen LogP contribution in [0.2, 0.25) is 10.0 Å². The fraction of sp³-hybridized carbons (Fsp3) is 0.576. The molecule has 2 aliphatic rings. The molecule has 254 valence electrons. The first kappa shape index (κ1) is 36.3. The number of piperazine rings is 2. The molecule has 2 aromatic rings. The predicted octanol–water partition coefficient (Wildman–Crippen LogP) is 5.02. The van der Waals surface area contributed by atoms with Crippen LogP contribution in [0.25, 0.3) is 0 Å². The number of carbonyl (C=O) groups is 2. The minimum absolute atomic E-state index is 0.111. The summed E-state index contributed by atoms with van der Waals surface area (Å²) in [4.78, 5) is 37.2. The maximum absolute atomic E-state index is 14.2. The molecule has 8 nitrogen and oxygen atoms in total. The second-order valence-electron chi connectivity index (χ2n) is 12.9. The van der Waals surface area contributed by atoms with Gasteiger partial charge in [-0.15, -0.1) is 0 Å². The SMILES string of the molecule is CC(C)CC(N)c1cc(C(F)(F)F)ccc1N1CCN(C(=O)C(Cc2ccc(Cl)cc2Cl)N2CCN(CCN(C)C)CC2=O)CC1. The minimum Gasteiger partial charge on any atom is -0.368 e. The summed E-state index contributed by atoms with van der Waals surface area (Å²) in [6.45, 7) is 8.37. The lowest BCUT2D eigenvalue weighted by atomic mass is 9.94. The topological polar surface area (TPSA) is 76.4 Å². The first-order valence-corrected chi connectivity index (χ1v) is 16.5. The van der Waals surface area contributed by atoms with Crippen LogP contribution in [-0.2, 0) is 22.2 Å². The maximum atomic E-state index is 14.2. The van der Waals surface area contributed by atoms with E-state index in [1.807, 2.05) is 32.8 Å². The second-order valence-corrected chi connectivity index (χ2v) is 13.8. The van der Waals surface area contributed by atoms with E-state index in [9.17, 15) is 22.8 Å². The minimum atomic E-state index is -4.48. The highest BCUT2D eigenvalue weighted by Crippen LogP contribution is 2.37. The van der Waals surface area contributed by atoms with Crippen LogP contribution >= 0.6 is 23.2 Å². The third-order valence-electron chi connectivity index (χ3n) is 8.70. The number of benzene rings is 2. The Bertz CT molecular complexity index is 1370. The van der Waals surface area contributed by atoms with Crippen molar-refractivity contribution in [1.82, 2.24) is 19.6 Å². The number of amides is 2. The van der Waals surface area contributed by atoms with Crippen molar-refractivity contribution >= 4 is 40.7 Å². The fourth-order valence-electron chi connectivity index (χ4n) is 6.15. The molecule has 2 unspecified atom stereocenters. The van der Waals surface area contributed by atoms with E-state index in [1.165, 1.54) is 6.07 Å². The molecular formula is C33H45Cl2F3N6O2. The van der Waals surface area contributed by atoms with Crippen LogP contribution in [0.3, 0.4) is 0 Å². The van der Waals surface area contributed by atoms with Crippen LogP contribution in [0.1, 0.15) is 43.0 Å². The molecule has 2 amide bonds. The Morgan fingerprint density at radius 1 is 1.00 bits per heavy atom. The highest BCUT2D eigenvalue weighted by Gasteiger charge is 2.38. The molecule has 0 aromatic heterocycles. The van der Waals surface area contributed by atoms with Crippen molar-refractivity contribution in [3.8, 4) is 0 Å². The number of likely N-dealkylation sites (N-methyl/N-ethyl adjacent to an activating group) is 1. The third kappa shape index (κ3) is 9.28. The van der Waals surface area contributed by atoms with Gasteiger partial charge < -0.3 is 25.3 Å². The van der Waals surface area contributed by atoms with Crippen LogP contribution in [0.4, 0.5) is 18.9 Å². The van der Waals surface area contributed by atoms with Gasteiger partial charge in [0.25, 0.3) is 0 Å². The van der Waals surface area contributed by atoms with Crippen LogP contribution in [0, 0.1) is 5.92 Å². The van der Waals surface area contributed by atoms with E-state index < -0.39 is 23.8 Å². The molecule has 2 fully saturated rings. The molecule has 13 heteroatoms. The number of anilines is 1. The zero-order chi connectivity index (χ0) is 33.8. The van der Waals surface area contributed by atoms with Gasteiger partial charge in [-0.1, -0.05) is 43.1 Å². The van der Waals surface area contributed by atoms with Crippen LogP contribution < -0.4 is 10.6 Å². The molecular weight excluding hydrogens is 640 g/mol. The summed E-state index contributed by atoms with van der Waals surface area (Å²) in [5.74, 6) is -0.0824. The monoisotopic (exact) mass is 684 g/mol. The Morgan fingerprint density at radius 3 is 2.28 bits per heavy atom. The summed E-state index contributed by atoms with van der Waals surface area (Å²) in [5.41, 5.74) is 7.55. The summed E-state index contributed by atoms with van der Waals surface area (Å²) in [7, 11) is 3.97. The average molecular weight is 686 g/mol. The molecule has 0 spiro atoms. The molecule has 46 heavy (non-hydrogen) atoms. The van der Waals surface area contributed by atoms with Crippen molar-refractivity contribution in [2.45, 2.75) is 44.9 Å². The van der Waals surface area contributed by atoms with Gasteiger partial charge in [-0.2, -0.15) is 13.2 Å². The molecule has 2 aliphatic heterocycles. The molecule has 0 aliphatic carbocycles. The lowest BCUT2D eigenvalue weighted by Gasteiger charge is -2.43. The Labute approximate surface area is 280 Å². The number of hydrogen-bond donors (Lipinski definition) is 1. The number of hydrogen-bond acceptors (Lipinski definition) is 6. The average Bonchev–Trinajstić information content (AvgIpc) is 2.99. The summed E-state index contributed by atoms with van der Waals surface area (Å²) < 4.78 is 40.8. The number of nitrogens with two attached hydrogens (primary N) is 1. The fourth-order valence-corrected chi connectivity index (χ4v) is 6.64. The highest BCUT2D eigenvalue weighted by molar-refractivity contribution is 6.35. The lowest BCUT2D eigenvalue weighted by Crippen LogP contribution is -2.61. The van der Waals surface area contributed by atoms with Crippen molar-refractivity contribution in [1.29, 1.82) is 0 Å². The van der Waals surface area contributed by atoms with Gasteiger partial charge in [-0.25, -0.2) is 0 Å². The van der Waals surface area contributed by atoms with Crippen molar-refractivity contribution < 1.29 is 22.8 Å². The van der Waals surface area contributed by atoms with Crippen LogP contribution in [0.5, 0.6) is 0 Å². The van der Waals surface area contributed by atoms with Gasteiger partial charge in [0.05, 0.1) is 12.1 Å². The molecule has 2 N–H and O–H groups in total. The van der Waals surface area contributed by atoms with E-state index in [0.29, 0.717) is 67.0 Å². The number of nitrogens with zero attached hydrogens (tertiary/aromatic N) is 5. The molecule has 2 atom stereocenters. The number of alkyl halides is 3. The van der Waals surface area contributed by atoms with Crippen molar-refractivity contribution in [2.24, 2.45) is 11.7 Å². The quantitative estimate of drug-likeness (QED) is 0.358. The summed E-state index contributed by atoms with van der Waals surface area (Å²) >= 11 is 12.6. The normalized spacial score (nSPS) is 18.1. The summed E-state index contributed by atoms with van der Waals surface area (Å²) in [6, 6.07) is 7.57. The van der Waals surface area contributed by atoms with E-state index in [0.717, 1.165) is 30.8 Å². The van der Waals surface area contributed by atoms with Crippen molar-refractivity contribution in [2.75, 3.05) is 77.9 Å². The Kier molecular flexibility index (Phi) is 12.3. The third-order valence-corrected chi connectivity index (χ3v) is 9.29. The number of halogens is 5. The smallest absolute Gasteiger partial charge is 0.368 e. The van der Waals surface area contributed by atoms with Gasteiger partial charge in [0.15, 0.2) is 0 Å². The summed E-state index contributed by atoms with van der Waals surface area (Å²) in [6.07, 6.45) is -3.70. The Hall–Kier alpha value is -2.57. The molecule has 2 saturated heterocycles. The maximum Gasteiger partial charge on any atom is 0.416 e. The number of rotatable bonds is 11. The summed E-state index contributed by atoms with van der Waals surface area (Å²) in [5, 5.41) is 0.911. The predicted molar refractivity (Wildman–Crippen MR) is 177 cm³/mol. The van der Waals surface area contributed by atoms with E-state index in [2.05, 4.69) is 9.80 Å². The van der Waals surface area contributed by atoms with Crippen molar-refractivity contribution in [3.63, 3.8) is 0 Å². The van der Waals surface area contributed by atoms with E-state index in [1.54, 1.807) is 28.0 Å². The molecule has 0 bridgehead atoms. The van der Waals surface area contributed by atoms with Gasteiger partial charge in [0, 0.05) is 80.6 Å². The van der Waals surface area contributed by atoms with Crippen molar-refractivity contribution in [3.05, 3.63) is 63.1 Å². The zero-order valence-corrected chi connectivity index (χ0v) is 28.5. The van der Waals surface area contributed by atoms with Gasteiger partial charge in [0.1, 0.15) is 6.04 Å². The van der Waals surface area contributed by atoms with Crippen LogP contribution in [-0.4, -0.2) is 110 Å². The van der Waals surface area contributed by atoms with Gasteiger partial charge in [-0.3, -0.25) is 14.5 Å². The molecule has 0 saturated carbocycles. The molecule has 4 rings (SSSR count). The first-order chi connectivity index (χ1) is 21.6. The second kappa shape index (κ2) is 15.6. The molecule has 2 aromatic carbocycles. The van der Waals surface area contributed by atoms with Crippen LogP contribution in [0.15, 0.2) is 36.4 Å². The van der Waals surface area contributed by atoms with E-state index >= 15 is 0 Å². The number of carbonyl (C=O) groups excluding carboxylic acids is 2. The molecule has 2 heterocycles. The lowest BCUT2D eigenvalue weighted by molar-refractivity contribution is -0.149. The Morgan fingerprint density at radius 2 is 1.70 bits per heavy atom. The van der Waals surface area contributed by atoms with E-state index in [4.69, 9.17) is 28.9 Å². The molecule has 0 radical (unpaired) electrons. The highest BCUT2D eigenvalue weighted by atomic mass is 35.5. The first-order valence-electron chi connectivity index (χ1n) is 15.7. The van der Waals surface area contributed by atoms with Gasteiger partial charge in [-0.05, 0) is 67.9 Å². The van der Waals surface area contributed by atoms with Gasteiger partial charge >= 0.3 is 6.18 Å². The largest absolute Gasteiger partial charge is 0.416 e. The van der Waals surface area contributed by atoms with E-state index in [-0.39, 0.29) is 30.7 Å². The van der Waals surface area contributed by atoms with Gasteiger partial charge in [0.2, 0.25) is 11.8 Å².